The first-order valence-corrected chi connectivity index (χ1v) is 7.75. The van der Waals surface area contributed by atoms with Gasteiger partial charge in [0.2, 0.25) is 11.8 Å². The molecule has 2 amide bonds. The van der Waals surface area contributed by atoms with E-state index in [-0.39, 0.29) is 23.9 Å². The number of nitrogens with zero attached hydrogens (tertiary/aromatic N) is 1. The fraction of sp³-hybridized carbons (Fsp3) is 0.867. The van der Waals surface area contributed by atoms with Crippen LogP contribution in [0.25, 0.3) is 0 Å². The van der Waals surface area contributed by atoms with E-state index in [0.29, 0.717) is 19.6 Å². The average Bonchev–Trinajstić information content (AvgIpc) is 2.44. The molecule has 0 aromatic heterocycles. The van der Waals surface area contributed by atoms with Gasteiger partial charge in [0.1, 0.15) is 0 Å². The molecule has 1 aliphatic carbocycles. The summed E-state index contributed by atoms with van der Waals surface area (Å²) in [6.45, 7) is 1.27. The number of hydrogen-bond acceptors (Lipinski definition) is 4. The predicted octanol–water partition coefficient (Wildman–Crippen LogP) is 0.649. The summed E-state index contributed by atoms with van der Waals surface area (Å²) < 4.78 is 4.91. The maximum Gasteiger partial charge on any atom is 0.239 e. The molecule has 0 unspecified atom stereocenters. The predicted molar refractivity (Wildman–Crippen MR) is 81.8 cm³/mol. The standard InChI is InChI=1S/C15H29N3O3/c1-18(12-13(19)17-9-6-10-21-2)14(20)11-15(16)7-4-3-5-8-15/h3-12,16H2,1-2H3,(H,17,19). The number of hydrogen-bond donors (Lipinski definition) is 2. The van der Waals surface area contributed by atoms with E-state index < -0.39 is 0 Å². The van der Waals surface area contributed by atoms with Crippen molar-refractivity contribution >= 4 is 11.8 Å². The van der Waals surface area contributed by atoms with E-state index >= 15 is 0 Å². The van der Waals surface area contributed by atoms with Gasteiger partial charge in [0.25, 0.3) is 0 Å². The first-order chi connectivity index (χ1) is 9.97. The van der Waals surface area contributed by atoms with Crippen LogP contribution in [0.1, 0.15) is 44.9 Å². The zero-order chi connectivity index (χ0) is 15.7. The van der Waals surface area contributed by atoms with Crippen molar-refractivity contribution in [2.24, 2.45) is 5.73 Å². The van der Waals surface area contributed by atoms with Gasteiger partial charge in [0.15, 0.2) is 0 Å². The first-order valence-electron chi connectivity index (χ1n) is 7.75. The van der Waals surface area contributed by atoms with Gasteiger partial charge in [-0.25, -0.2) is 0 Å². The third-order valence-electron chi connectivity index (χ3n) is 4.01. The largest absolute Gasteiger partial charge is 0.385 e. The summed E-state index contributed by atoms with van der Waals surface area (Å²) in [5, 5.41) is 2.77. The van der Waals surface area contributed by atoms with Crippen molar-refractivity contribution in [1.82, 2.24) is 10.2 Å². The average molecular weight is 299 g/mol. The quantitative estimate of drug-likeness (QED) is 0.645. The Morgan fingerprint density at radius 2 is 1.95 bits per heavy atom. The van der Waals surface area contributed by atoms with Crippen LogP contribution in [0.2, 0.25) is 0 Å². The second kappa shape index (κ2) is 9.00. The molecule has 0 spiro atoms. The lowest BCUT2D eigenvalue weighted by Gasteiger charge is -2.34. The van der Waals surface area contributed by atoms with Gasteiger partial charge in [-0.2, -0.15) is 0 Å². The van der Waals surface area contributed by atoms with Crippen LogP contribution >= 0.6 is 0 Å². The molecule has 1 rings (SSSR count). The lowest BCUT2D eigenvalue weighted by Crippen LogP contribution is -2.47. The number of nitrogens with two attached hydrogens (primary N) is 1. The number of carbonyl (C=O) groups excluding carboxylic acids is 2. The Hall–Kier alpha value is -1.14. The molecule has 21 heavy (non-hydrogen) atoms. The van der Waals surface area contributed by atoms with Crippen LogP contribution in [0.4, 0.5) is 0 Å². The van der Waals surface area contributed by atoms with Crippen molar-refractivity contribution in [2.75, 3.05) is 33.9 Å². The summed E-state index contributed by atoms with van der Waals surface area (Å²) in [7, 11) is 3.28. The maximum absolute atomic E-state index is 12.2. The second-order valence-electron chi connectivity index (χ2n) is 6.05. The monoisotopic (exact) mass is 299 g/mol. The van der Waals surface area contributed by atoms with Crippen LogP contribution in [0.3, 0.4) is 0 Å². The fourth-order valence-corrected chi connectivity index (χ4v) is 2.67. The zero-order valence-electron chi connectivity index (χ0n) is 13.3. The Bertz CT molecular complexity index is 341. The molecular formula is C15H29N3O3. The fourth-order valence-electron chi connectivity index (χ4n) is 2.67. The van der Waals surface area contributed by atoms with Crippen molar-refractivity contribution < 1.29 is 14.3 Å². The number of likely N-dealkylation sites (N-methyl/N-ethyl adjacent to an activating group) is 1. The molecule has 6 heteroatoms. The number of carbonyl (C=O) groups is 2. The molecule has 1 saturated carbocycles. The highest BCUT2D eigenvalue weighted by atomic mass is 16.5. The summed E-state index contributed by atoms with van der Waals surface area (Å²) in [6, 6.07) is 0. The van der Waals surface area contributed by atoms with E-state index in [9.17, 15) is 9.59 Å². The van der Waals surface area contributed by atoms with Gasteiger partial charge in [-0.1, -0.05) is 19.3 Å². The van der Waals surface area contributed by atoms with E-state index in [2.05, 4.69) is 5.32 Å². The summed E-state index contributed by atoms with van der Waals surface area (Å²) >= 11 is 0. The minimum Gasteiger partial charge on any atom is -0.385 e. The van der Waals surface area contributed by atoms with Gasteiger partial charge in [0.05, 0.1) is 6.54 Å². The molecule has 0 heterocycles. The van der Waals surface area contributed by atoms with E-state index in [4.69, 9.17) is 10.5 Å². The number of methoxy groups -OCH3 is 1. The Kier molecular flexibility index (Phi) is 7.67. The number of nitrogens with one attached hydrogen (secondary N) is 1. The lowest BCUT2D eigenvalue weighted by atomic mass is 9.80. The van der Waals surface area contributed by atoms with Gasteiger partial charge in [-0.3, -0.25) is 9.59 Å². The molecule has 122 valence electrons. The SMILES string of the molecule is COCCCNC(=O)CN(C)C(=O)CC1(N)CCCCC1. The van der Waals surface area contributed by atoms with Crippen LogP contribution in [-0.2, 0) is 14.3 Å². The van der Waals surface area contributed by atoms with E-state index in [1.807, 2.05) is 0 Å². The topological polar surface area (TPSA) is 84.7 Å². The molecule has 1 aliphatic rings. The number of amides is 2. The van der Waals surface area contributed by atoms with Gasteiger partial charge in [0, 0.05) is 39.3 Å². The van der Waals surface area contributed by atoms with Crippen molar-refractivity contribution in [2.45, 2.75) is 50.5 Å². The molecule has 0 radical (unpaired) electrons. The molecule has 0 aromatic rings. The third kappa shape index (κ3) is 6.91. The van der Waals surface area contributed by atoms with Crippen molar-refractivity contribution in [3.05, 3.63) is 0 Å². The molecule has 0 bridgehead atoms. The first kappa shape index (κ1) is 17.9. The highest BCUT2D eigenvalue weighted by molar-refractivity contribution is 5.85. The highest BCUT2D eigenvalue weighted by Crippen LogP contribution is 2.28. The number of ether oxygens (including phenoxy) is 1. The van der Waals surface area contributed by atoms with Crippen molar-refractivity contribution in [1.29, 1.82) is 0 Å². The molecule has 0 aromatic carbocycles. The van der Waals surface area contributed by atoms with Crippen LogP contribution in [-0.4, -0.2) is 56.1 Å². The molecule has 6 nitrogen and oxygen atoms in total. The summed E-state index contributed by atoms with van der Waals surface area (Å²) in [5.41, 5.74) is 5.90. The molecule has 1 fully saturated rings. The van der Waals surface area contributed by atoms with E-state index in [1.54, 1.807) is 14.2 Å². The van der Waals surface area contributed by atoms with Gasteiger partial charge in [-0.15, -0.1) is 0 Å². The molecule has 0 aliphatic heterocycles. The van der Waals surface area contributed by atoms with Crippen LogP contribution in [0, 0.1) is 0 Å². The van der Waals surface area contributed by atoms with Crippen LogP contribution in [0.15, 0.2) is 0 Å². The summed E-state index contributed by atoms with van der Waals surface area (Å²) in [5.74, 6) is -0.192. The summed E-state index contributed by atoms with van der Waals surface area (Å²) in [4.78, 5) is 25.4. The Labute approximate surface area is 127 Å². The highest BCUT2D eigenvalue weighted by Gasteiger charge is 2.31. The molecular weight excluding hydrogens is 270 g/mol. The third-order valence-corrected chi connectivity index (χ3v) is 4.01. The zero-order valence-corrected chi connectivity index (χ0v) is 13.3. The van der Waals surface area contributed by atoms with E-state index in [0.717, 1.165) is 32.1 Å². The van der Waals surface area contributed by atoms with Gasteiger partial charge < -0.3 is 20.7 Å². The van der Waals surface area contributed by atoms with Crippen LogP contribution in [0.5, 0.6) is 0 Å². The molecule has 0 saturated heterocycles. The Morgan fingerprint density at radius 1 is 1.29 bits per heavy atom. The van der Waals surface area contributed by atoms with Crippen molar-refractivity contribution in [3.63, 3.8) is 0 Å². The van der Waals surface area contributed by atoms with Crippen molar-refractivity contribution in [3.8, 4) is 0 Å². The second-order valence-corrected chi connectivity index (χ2v) is 6.05. The summed E-state index contributed by atoms with van der Waals surface area (Å²) in [6.07, 6.45) is 6.28. The minimum atomic E-state index is -0.376. The maximum atomic E-state index is 12.2. The lowest BCUT2D eigenvalue weighted by molar-refractivity contribution is -0.135. The Morgan fingerprint density at radius 3 is 2.57 bits per heavy atom. The molecule has 3 N–H and O–H groups in total. The normalized spacial score (nSPS) is 17.3. The smallest absolute Gasteiger partial charge is 0.239 e. The van der Waals surface area contributed by atoms with Gasteiger partial charge >= 0.3 is 0 Å². The van der Waals surface area contributed by atoms with Gasteiger partial charge in [-0.05, 0) is 19.3 Å². The number of rotatable bonds is 8. The molecule has 0 atom stereocenters. The minimum absolute atomic E-state index is 0.0496. The van der Waals surface area contributed by atoms with E-state index in [1.165, 1.54) is 11.3 Å². The van der Waals surface area contributed by atoms with Crippen LogP contribution < -0.4 is 11.1 Å². The Balaban J connectivity index is 2.28.